The van der Waals surface area contributed by atoms with Crippen LogP contribution in [0.3, 0.4) is 0 Å². The highest BCUT2D eigenvalue weighted by Crippen LogP contribution is 2.52. The third-order valence-corrected chi connectivity index (χ3v) is 6.92. The average Bonchev–Trinajstić information content (AvgIpc) is 3.17. The van der Waals surface area contributed by atoms with E-state index >= 15 is 0 Å². The zero-order valence-corrected chi connectivity index (χ0v) is 19.6. The number of rotatable bonds is 7. The highest BCUT2D eigenvalue weighted by atomic mass is 32.2. The van der Waals surface area contributed by atoms with Gasteiger partial charge in [0.2, 0.25) is 0 Å². The van der Waals surface area contributed by atoms with Crippen molar-refractivity contribution in [2.24, 2.45) is 0 Å². The van der Waals surface area contributed by atoms with Gasteiger partial charge in [0.25, 0.3) is 0 Å². The average molecular weight is 449 g/mol. The molecule has 2 aliphatic heterocycles. The molecule has 2 aliphatic rings. The van der Waals surface area contributed by atoms with Crippen LogP contribution in [-0.4, -0.2) is 56.8 Å². The van der Waals surface area contributed by atoms with E-state index in [-0.39, 0.29) is 0 Å². The lowest BCUT2D eigenvalue weighted by Gasteiger charge is -2.18. The predicted molar refractivity (Wildman–Crippen MR) is 132 cm³/mol. The first-order valence-electron chi connectivity index (χ1n) is 10.9. The Balaban J connectivity index is 1.46. The van der Waals surface area contributed by atoms with E-state index < -0.39 is 0 Å². The van der Waals surface area contributed by atoms with E-state index in [0.717, 1.165) is 59.9 Å². The normalized spacial score (nSPS) is 15.4. The number of ether oxygens (including phenoxy) is 3. The lowest BCUT2D eigenvalue weighted by molar-refractivity contribution is 0.0772. The minimum absolute atomic E-state index is 0.605. The van der Waals surface area contributed by atoms with E-state index in [1.807, 2.05) is 12.1 Å². The van der Waals surface area contributed by atoms with Crippen molar-refractivity contribution in [3.63, 3.8) is 0 Å². The number of hydrogen-bond donors (Lipinski definition) is 0. The first-order chi connectivity index (χ1) is 15.6. The maximum atomic E-state index is 6.44. The van der Waals surface area contributed by atoms with Crippen LogP contribution in [-0.2, 0) is 4.74 Å². The molecule has 0 bridgehead atoms. The highest BCUT2D eigenvalue weighted by Gasteiger charge is 2.31. The Morgan fingerprint density at radius 1 is 1.00 bits per heavy atom. The molecular formula is C26H28N2O3S. The molecule has 0 spiro atoms. The number of para-hydroxylation sites is 1. The summed E-state index contributed by atoms with van der Waals surface area (Å²) in [6, 6.07) is 18.8. The van der Waals surface area contributed by atoms with Crippen molar-refractivity contribution in [1.29, 1.82) is 0 Å². The SMILES string of the molecule is COc1ccc2cc3c(cc2c1)Oc1ccccc1C1=C3SN(COCCCN(C)C)C1. The van der Waals surface area contributed by atoms with Gasteiger partial charge in [-0.2, -0.15) is 0 Å². The first-order valence-corrected chi connectivity index (χ1v) is 11.7. The van der Waals surface area contributed by atoms with Gasteiger partial charge in [0.1, 0.15) is 24.0 Å². The van der Waals surface area contributed by atoms with Crippen molar-refractivity contribution >= 4 is 33.2 Å². The van der Waals surface area contributed by atoms with E-state index in [9.17, 15) is 0 Å². The van der Waals surface area contributed by atoms with Crippen LogP contribution in [0.1, 0.15) is 17.5 Å². The molecule has 0 N–H and O–H groups in total. The van der Waals surface area contributed by atoms with Crippen LogP contribution in [0.2, 0.25) is 0 Å². The standard InChI is InChI=1S/C26H28N2O3S/c1-27(2)11-6-12-30-17-28-16-23-21-7-4-5-8-24(21)31-25-15-19-13-20(29-3)10-9-18(19)14-22(25)26(23)32-28/h4-5,7-10,13-15H,6,11-12,16-17H2,1-3H3. The summed E-state index contributed by atoms with van der Waals surface area (Å²) >= 11 is 1.77. The summed E-state index contributed by atoms with van der Waals surface area (Å²) in [6.45, 7) is 3.24. The van der Waals surface area contributed by atoms with Gasteiger partial charge in [0, 0.05) is 29.2 Å². The van der Waals surface area contributed by atoms with Gasteiger partial charge >= 0.3 is 0 Å². The number of hydrogen-bond acceptors (Lipinski definition) is 6. The zero-order valence-electron chi connectivity index (χ0n) is 18.8. The van der Waals surface area contributed by atoms with Crippen molar-refractivity contribution in [1.82, 2.24) is 9.21 Å². The van der Waals surface area contributed by atoms with Gasteiger partial charge in [0.05, 0.1) is 7.11 Å². The summed E-state index contributed by atoms with van der Waals surface area (Å²) in [5.74, 6) is 2.62. The molecule has 0 amide bonds. The molecule has 5 nitrogen and oxygen atoms in total. The molecule has 6 heteroatoms. The maximum Gasteiger partial charge on any atom is 0.136 e. The van der Waals surface area contributed by atoms with Crippen molar-refractivity contribution in [3.8, 4) is 17.2 Å². The van der Waals surface area contributed by atoms with Crippen molar-refractivity contribution < 1.29 is 14.2 Å². The zero-order chi connectivity index (χ0) is 22.1. The first kappa shape index (κ1) is 21.3. The second-order valence-electron chi connectivity index (χ2n) is 8.39. The van der Waals surface area contributed by atoms with Crippen LogP contribution in [0.5, 0.6) is 17.2 Å². The predicted octanol–water partition coefficient (Wildman–Crippen LogP) is 5.71. The molecule has 0 atom stereocenters. The fourth-order valence-electron chi connectivity index (χ4n) is 4.17. The van der Waals surface area contributed by atoms with Gasteiger partial charge in [-0.1, -0.05) is 24.3 Å². The Morgan fingerprint density at radius 3 is 2.72 bits per heavy atom. The van der Waals surface area contributed by atoms with Gasteiger partial charge in [-0.15, -0.1) is 0 Å². The van der Waals surface area contributed by atoms with Crippen LogP contribution < -0.4 is 9.47 Å². The molecule has 0 aromatic heterocycles. The van der Waals surface area contributed by atoms with Gasteiger partial charge in [-0.25, -0.2) is 4.31 Å². The molecule has 0 radical (unpaired) electrons. The second kappa shape index (κ2) is 9.16. The van der Waals surface area contributed by atoms with Crippen LogP contribution in [0, 0.1) is 0 Å². The summed E-state index contributed by atoms with van der Waals surface area (Å²) in [6.07, 6.45) is 1.04. The largest absolute Gasteiger partial charge is 0.497 e. The number of nitrogens with zero attached hydrogens (tertiary/aromatic N) is 2. The Hall–Kier alpha value is -2.51. The molecular weight excluding hydrogens is 420 g/mol. The summed E-state index contributed by atoms with van der Waals surface area (Å²) < 4.78 is 20.1. The molecule has 5 rings (SSSR count). The monoisotopic (exact) mass is 448 g/mol. The Kier molecular flexibility index (Phi) is 6.11. The summed E-state index contributed by atoms with van der Waals surface area (Å²) in [5, 5.41) is 2.28. The van der Waals surface area contributed by atoms with Gasteiger partial charge in [-0.3, -0.25) is 0 Å². The van der Waals surface area contributed by atoms with Crippen LogP contribution in [0.25, 0.3) is 21.3 Å². The van der Waals surface area contributed by atoms with Crippen molar-refractivity contribution in [2.45, 2.75) is 6.42 Å². The number of fused-ring (bicyclic) bond motifs is 5. The topological polar surface area (TPSA) is 34.2 Å². The molecule has 3 aromatic carbocycles. The highest BCUT2D eigenvalue weighted by molar-refractivity contribution is 8.06. The smallest absolute Gasteiger partial charge is 0.136 e. The molecule has 32 heavy (non-hydrogen) atoms. The fourth-order valence-corrected chi connectivity index (χ4v) is 5.29. The molecule has 3 aromatic rings. The lowest BCUT2D eigenvalue weighted by Crippen LogP contribution is -2.20. The molecule has 0 saturated heterocycles. The third kappa shape index (κ3) is 4.24. The Labute approximate surface area is 193 Å². The van der Waals surface area contributed by atoms with Gasteiger partial charge in [0.15, 0.2) is 0 Å². The Morgan fingerprint density at radius 2 is 1.88 bits per heavy atom. The van der Waals surface area contributed by atoms with Crippen molar-refractivity contribution in [2.75, 3.05) is 47.6 Å². The van der Waals surface area contributed by atoms with E-state index in [1.54, 1.807) is 19.1 Å². The molecule has 2 heterocycles. The van der Waals surface area contributed by atoms with Gasteiger partial charge in [-0.05, 0) is 85.7 Å². The van der Waals surface area contributed by atoms with Gasteiger partial charge < -0.3 is 19.1 Å². The molecule has 0 unspecified atom stereocenters. The quantitative estimate of drug-likeness (QED) is 0.340. The minimum atomic E-state index is 0.605. The minimum Gasteiger partial charge on any atom is -0.497 e. The number of methoxy groups -OCH3 is 1. The van der Waals surface area contributed by atoms with Crippen LogP contribution >= 0.6 is 11.9 Å². The molecule has 166 valence electrons. The molecule has 0 aliphatic carbocycles. The summed E-state index contributed by atoms with van der Waals surface area (Å²) in [4.78, 5) is 3.44. The number of benzene rings is 3. The maximum absolute atomic E-state index is 6.44. The van der Waals surface area contributed by atoms with Crippen LogP contribution in [0.15, 0.2) is 54.6 Å². The molecule has 0 saturated carbocycles. The second-order valence-corrected chi connectivity index (χ2v) is 9.50. The van der Waals surface area contributed by atoms with E-state index in [0.29, 0.717) is 6.73 Å². The van der Waals surface area contributed by atoms with E-state index in [4.69, 9.17) is 14.2 Å². The Bertz CT molecular complexity index is 1170. The summed E-state index contributed by atoms with van der Waals surface area (Å²) in [7, 11) is 5.88. The molecule has 0 fully saturated rings. The third-order valence-electron chi connectivity index (χ3n) is 5.78. The van der Waals surface area contributed by atoms with Crippen LogP contribution in [0.4, 0.5) is 0 Å². The van der Waals surface area contributed by atoms with E-state index in [1.165, 1.54) is 15.9 Å². The van der Waals surface area contributed by atoms with E-state index in [2.05, 4.69) is 65.8 Å². The lowest BCUT2D eigenvalue weighted by atomic mass is 10.0. The fraction of sp³-hybridized carbons (Fsp3) is 0.308. The van der Waals surface area contributed by atoms with Crippen molar-refractivity contribution in [3.05, 3.63) is 65.7 Å². The summed E-state index contributed by atoms with van der Waals surface area (Å²) in [5.41, 5.74) is 3.59.